The Bertz CT molecular complexity index is 799. The molecule has 2 rings (SSSR count). The number of nitrogens with two attached hydrogens (primary N) is 2. The monoisotopic (exact) mass is 587 g/mol. The molecule has 0 radical (unpaired) electrons. The molecule has 0 aromatic carbocycles. The van der Waals surface area contributed by atoms with Crippen molar-refractivity contribution in [2.75, 3.05) is 17.2 Å². The van der Waals surface area contributed by atoms with Crippen LogP contribution in [-0.2, 0) is 4.79 Å². The summed E-state index contributed by atoms with van der Waals surface area (Å²) >= 11 is 5.35. The van der Waals surface area contributed by atoms with E-state index in [0.29, 0.717) is 9.52 Å². The van der Waals surface area contributed by atoms with E-state index in [1.165, 1.54) is 11.5 Å². The maximum absolute atomic E-state index is 11.7. The first-order valence-electron chi connectivity index (χ1n) is 7.03. The number of halogens is 2. The van der Waals surface area contributed by atoms with Gasteiger partial charge in [-0.1, -0.05) is 0 Å². The zero-order chi connectivity index (χ0) is 18.6. The Morgan fingerprint density at radius 1 is 1.36 bits per heavy atom. The fraction of sp³-hybridized carbons (Fsp3) is 0.308. The molecule has 1 atom stereocenters. The predicted molar refractivity (Wildman–Crippen MR) is 113 cm³/mol. The number of anilines is 3. The molecular formula is C13H15I2N7O2S. The fourth-order valence-electron chi connectivity index (χ4n) is 1.83. The van der Waals surface area contributed by atoms with Crippen molar-refractivity contribution in [2.24, 2.45) is 11.5 Å². The van der Waals surface area contributed by atoms with Gasteiger partial charge in [0.2, 0.25) is 0 Å². The molecule has 6 N–H and O–H groups in total. The number of rotatable bonds is 8. The number of carbonyl (C=O) groups excluding carboxylic acids is 2. The summed E-state index contributed by atoms with van der Waals surface area (Å²) in [6, 6.07) is -0.279. The summed E-state index contributed by atoms with van der Waals surface area (Å²) in [6.45, 7) is 2.14. The lowest BCUT2D eigenvalue weighted by Gasteiger charge is -2.17. The molecule has 1 amide bonds. The van der Waals surface area contributed by atoms with Crippen molar-refractivity contribution in [3.8, 4) is 0 Å². The van der Waals surface area contributed by atoms with Crippen LogP contribution < -0.4 is 22.1 Å². The summed E-state index contributed by atoms with van der Waals surface area (Å²) < 4.78 is 5.63. The van der Waals surface area contributed by atoms with Crippen molar-refractivity contribution >= 4 is 85.5 Å². The first-order valence-corrected chi connectivity index (χ1v) is 9.96. The van der Waals surface area contributed by atoms with E-state index < -0.39 is 5.91 Å². The summed E-state index contributed by atoms with van der Waals surface area (Å²) in [6.07, 6.45) is 1.02. The number of carbonyl (C=O) groups is 2. The van der Waals surface area contributed by atoms with E-state index in [-0.39, 0.29) is 30.5 Å². The van der Waals surface area contributed by atoms with Crippen molar-refractivity contribution in [1.29, 1.82) is 0 Å². The molecule has 25 heavy (non-hydrogen) atoms. The highest BCUT2D eigenvalue weighted by Gasteiger charge is 2.20. The van der Waals surface area contributed by atoms with Gasteiger partial charge in [0.05, 0.1) is 9.26 Å². The highest BCUT2D eigenvalue weighted by atomic mass is 127. The number of amides is 1. The Morgan fingerprint density at radius 3 is 2.60 bits per heavy atom. The lowest BCUT2D eigenvalue weighted by atomic mass is 10.2. The first kappa shape index (κ1) is 20.2. The summed E-state index contributed by atoms with van der Waals surface area (Å²) in [5.74, 6) is -0.0560. The third-order valence-corrected chi connectivity index (χ3v) is 6.41. The second-order valence-corrected chi connectivity index (χ2v) is 7.81. The van der Waals surface area contributed by atoms with E-state index in [0.717, 1.165) is 20.6 Å². The molecule has 1 unspecified atom stereocenters. The van der Waals surface area contributed by atoms with Gasteiger partial charge in [-0.2, -0.15) is 4.37 Å². The number of nitrogens with zero attached hydrogens (tertiary/aromatic N) is 3. The van der Waals surface area contributed by atoms with Crippen LogP contribution in [0.1, 0.15) is 22.6 Å². The number of aryl methyl sites for hydroxylation is 1. The summed E-state index contributed by atoms with van der Waals surface area (Å²) in [5.41, 5.74) is 12.0. The Kier molecular flexibility index (Phi) is 7.26. The minimum absolute atomic E-state index is 0.0245. The smallest absolute Gasteiger partial charge is 0.271 e. The zero-order valence-corrected chi connectivity index (χ0v) is 18.2. The second-order valence-electron chi connectivity index (χ2n) is 4.94. The lowest BCUT2D eigenvalue weighted by molar-refractivity contribution is -0.108. The molecule has 134 valence electrons. The molecular weight excluding hydrogens is 572 g/mol. The number of hydrogen-bond acceptors (Lipinski definition) is 9. The summed E-state index contributed by atoms with van der Waals surface area (Å²) in [5, 5.41) is 6.87. The number of hydrogen-bond donors (Lipinski definition) is 4. The van der Waals surface area contributed by atoms with Gasteiger partial charge >= 0.3 is 0 Å². The van der Waals surface area contributed by atoms with Gasteiger partial charge in [0.15, 0.2) is 17.3 Å². The largest absolute Gasteiger partial charge is 0.364 e. The Balaban J connectivity index is 2.41. The molecule has 0 aliphatic rings. The van der Waals surface area contributed by atoms with Crippen molar-refractivity contribution < 1.29 is 9.59 Å². The van der Waals surface area contributed by atoms with Gasteiger partial charge in [0, 0.05) is 19.0 Å². The van der Waals surface area contributed by atoms with Gasteiger partial charge in [-0.25, -0.2) is 9.97 Å². The predicted octanol–water partition coefficient (Wildman–Crippen LogP) is 1.62. The van der Waals surface area contributed by atoms with Gasteiger partial charge in [-0.3, -0.25) is 4.79 Å². The van der Waals surface area contributed by atoms with E-state index in [1.54, 1.807) is 0 Å². The third-order valence-electron chi connectivity index (χ3n) is 3.12. The molecule has 2 aromatic heterocycles. The summed E-state index contributed by atoms with van der Waals surface area (Å²) in [7, 11) is 0. The SMILES string of the molecule is Cc1nsc(Nc2nc(NC(CN)CC=O)c(I)nc2C(N)=O)c1I. The van der Waals surface area contributed by atoms with Crippen LogP contribution in [0.5, 0.6) is 0 Å². The number of primary amides is 1. The van der Waals surface area contributed by atoms with Crippen LogP contribution in [0.15, 0.2) is 0 Å². The fourth-order valence-corrected chi connectivity index (χ4v) is 3.75. The Labute approximate surface area is 175 Å². The van der Waals surface area contributed by atoms with E-state index >= 15 is 0 Å². The Morgan fingerprint density at radius 2 is 2.08 bits per heavy atom. The second kappa shape index (κ2) is 9.00. The maximum atomic E-state index is 11.7. The van der Waals surface area contributed by atoms with E-state index in [1.807, 2.05) is 29.5 Å². The summed E-state index contributed by atoms with van der Waals surface area (Å²) in [4.78, 5) is 31.1. The van der Waals surface area contributed by atoms with Crippen molar-refractivity contribution in [3.63, 3.8) is 0 Å². The van der Waals surface area contributed by atoms with Crippen LogP contribution in [0, 0.1) is 14.2 Å². The number of nitrogens with one attached hydrogen (secondary N) is 2. The molecule has 0 aliphatic heterocycles. The molecule has 9 nitrogen and oxygen atoms in total. The van der Waals surface area contributed by atoms with E-state index in [2.05, 4.69) is 47.6 Å². The van der Waals surface area contributed by atoms with Gasteiger partial charge in [0.25, 0.3) is 5.91 Å². The molecule has 12 heteroatoms. The molecule has 0 bridgehead atoms. The normalized spacial score (nSPS) is 11.8. The molecule has 0 spiro atoms. The quantitative estimate of drug-likeness (QED) is 0.269. The third kappa shape index (κ3) is 4.95. The highest BCUT2D eigenvalue weighted by molar-refractivity contribution is 14.1. The Hall–Kier alpha value is -1.13. The average Bonchev–Trinajstić information content (AvgIpc) is 2.88. The maximum Gasteiger partial charge on any atom is 0.271 e. The molecule has 0 saturated heterocycles. The van der Waals surface area contributed by atoms with E-state index in [9.17, 15) is 9.59 Å². The highest BCUT2D eigenvalue weighted by Crippen LogP contribution is 2.30. The molecule has 0 saturated carbocycles. The van der Waals surface area contributed by atoms with Crippen molar-refractivity contribution in [3.05, 3.63) is 18.7 Å². The van der Waals surface area contributed by atoms with Crippen LogP contribution >= 0.6 is 56.7 Å². The number of aromatic nitrogens is 3. The van der Waals surface area contributed by atoms with Crippen LogP contribution in [0.25, 0.3) is 0 Å². The van der Waals surface area contributed by atoms with Crippen molar-refractivity contribution in [1.82, 2.24) is 14.3 Å². The zero-order valence-electron chi connectivity index (χ0n) is 13.0. The lowest BCUT2D eigenvalue weighted by Crippen LogP contribution is -2.30. The molecule has 2 aromatic rings. The van der Waals surface area contributed by atoms with Gasteiger partial charge in [0.1, 0.15) is 15.0 Å². The van der Waals surface area contributed by atoms with Crippen LogP contribution in [0.2, 0.25) is 0 Å². The van der Waals surface area contributed by atoms with Crippen LogP contribution in [0.3, 0.4) is 0 Å². The molecule has 0 aliphatic carbocycles. The molecule has 2 heterocycles. The van der Waals surface area contributed by atoms with Crippen LogP contribution in [-0.4, -0.2) is 39.1 Å². The van der Waals surface area contributed by atoms with Crippen LogP contribution in [0.4, 0.5) is 16.6 Å². The number of aldehydes is 1. The first-order chi connectivity index (χ1) is 11.9. The van der Waals surface area contributed by atoms with Crippen molar-refractivity contribution in [2.45, 2.75) is 19.4 Å². The van der Waals surface area contributed by atoms with Gasteiger partial charge < -0.3 is 26.9 Å². The minimum Gasteiger partial charge on any atom is -0.364 e. The molecule has 0 fully saturated rings. The average molecular weight is 587 g/mol. The van der Waals surface area contributed by atoms with E-state index in [4.69, 9.17) is 11.5 Å². The van der Waals surface area contributed by atoms with Gasteiger partial charge in [-0.15, -0.1) is 0 Å². The minimum atomic E-state index is -0.695. The topological polar surface area (TPSA) is 149 Å². The van der Waals surface area contributed by atoms with Gasteiger partial charge in [-0.05, 0) is 63.6 Å². The standard InChI is InChI=1S/C13H15I2N7O2S/c1-5-7(14)13(25-22-5)21-11-8(10(17)24)19-9(15)12(20-11)18-6(4-16)2-3-23/h3,6H,2,4,16H2,1H3,(H2,17,24)(H2,18,20,21).